The van der Waals surface area contributed by atoms with E-state index < -0.39 is 0 Å². The highest BCUT2D eigenvalue weighted by Gasteiger charge is 2.03. The maximum atomic E-state index is 11.7. The molecule has 5 heteroatoms. The van der Waals surface area contributed by atoms with E-state index in [1.807, 2.05) is 6.07 Å². The topological polar surface area (TPSA) is 80.4 Å². The molecule has 3 N–H and O–H groups in total. The Morgan fingerprint density at radius 1 is 1.33 bits per heavy atom. The van der Waals surface area contributed by atoms with Crippen LogP contribution in [0.5, 0.6) is 0 Å². The highest BCUT2D eigenvalue weighted by atomic mass is 16.2. The summed E-state index contributed by atoms with van der Waals surface area (Å²) in [6.45, 7) is 0. The van der Waals surface area contributed by atoms with Gasteiger partial charge >= 0.3 is 0 Å². The zero-order valence-electron chi connectivity index (χ0n) is 9.58. The van der Waals surface area contributed by atoms with E-state index in [-0.39, 0.29) is 5.91 Å². The normalized spacial score (nSPS) is 10.4. The van der Waals surface area contributed by atoms with Crippen LogP contribution in [0.25, 0.3) is 0 Å². The summed E-state index contributed by atoms with van der Waals surface area (Å²) in [6.07, 6.45) is 4.84. The van der Waals surface area contributed by atoms with Crippen LogP contribution in [0.2, 0.25) is 0 Å². The lowest BCUT2D eigenvalue weighted by Crippen LogP contribution is -2.17. The molecule has 18 heavy (non-hydrogen) atoms. The lowest BCUT2D eigenvalue weighted by molar-refractivity contribution is 0.0955. The molecule has 0 aliphatic heterocycles. The summed E-state index contributed by atoms with van der Waals surface area (Å²) in [5, 5.41) is 3.84. The molecule has 0 fully saturated rings. The SMILES string of the molecule is Nc1cccc(C(=O)N/N=C\c2cccnc2)c1. The third-order valence-electron chi connectivity index (χ3n) is 2.21. The molecule has 2 rings (SSSR count). The Morgan fingerprint density at radius 2 is 2.22 bits per heavy atom. The molecule has 0 aliphatic carbocycles. The van der Waals surface area contributed by atoms with Crippen LogP contribution >= 0.6 is 0 Å². The van der Waals surface area contributed by atoms with Crippen molar-refractivity contribution in [2.24, 2.45) is 5.10 Å². The van der Waals surface area contributed by atoms with Crippen molar-refractivity contribution in [2.45, 2.75) is 0 Å². The third-order valence-corrected chi connectivity index (χ3v) is 2.21. The molecule has 0 saturated carbocycles. The molecule has 0 spiro atoms. The van der Waals surface area contributed by atoms with Gasteiger partial charge in [-0.3, -0.25) is 9.78 Å². The molecule has 0 bridgehead atoms. The first-order valence-electron chi connectivity index (χ1n) is 5.35. The number of benzene rings is 1. The number of anilines is 1. The first-order chi connectivity index (χ1) is 8.75. The van der Waals surface area contributed by atoms with Crippen LogP contribution in [0.15, 0.2) is 53.9 Å². The van der Waals surface area contributed by atoms with Crippen molar-refractivity contribution in [3.05, 3.63) is 59.9 Å². The van der Waals surface area contributed by atoms with Crippen molar-refractivity contribution in [1.82, 2.24) is 10.4 Å². The summed E-state index contributed by atoms with van der Waals surface area (Å²) in [6, 6.07) is 10.3. The number of carbonyl (C=O) groups is 1. The second-order valence-corrected chi connectivity index (χ2v) is 3.61. The monoisotopic (exact) mass is 240 g/mol. The molecule has 0 unspecified atom stereocenters. The number of carbonyl (C=O) groups excluding carboxylic acids is 1. The Labute approximate surface area is 104 Å². The van der Waals surface area contributed by atoms with E-state index >= 15 is 0 Å². The Kier molecular flexibility index (Phi) is 3.66. The van der Waals surface area contributed by atoms with Crippen LogP contribution in [0.1, 0.15) is 15.9 Å². The highest BCUT2D eigenvalue weighted by Crippen LogP contribution is 2.05. The van der Waals surface area contributed by atoms with Gasteiger partial charge in [-0.15, -0.1) is 0 Å². The maximum absolute atomic E-state index is 11.7. The van der Waals surface area contributed by atoms with E-state index in [0.717, 1.165) is 5.56 Å². The number of aromatic nitrogens is 1. The van der Waals surface area contributed by atoms with Crippen LogP contribution in [-0.2, 0) is 0 Å². The number of nitrogens with zero attached hydrogens (tertiary/aromatic N) is 2. The molecular weight excluding hydrogens is 228 g/mol. The second-order valence-electron chi connectivity index (χ2n) is 3.61. The van der Waals surface area contributed by atoms with E-state index in [2.05, 4.69) is 15.5 Å². The van der Waals surface area contributed by atoms with Gasteiger partial charge in [0, 0.05) is 29.2 Å². The molecule has 0 radical (unpaired) electrons. The largest absolute Gasteiger partial charge is 0.399 e. The Balaban J connectivity index is 1.99. The fraction of sp³-hybridized carbons (Fsp3) is 0. The number of pyridine rings is 1. The van der Waals surface area contributed by atoms with Gasteiger partial charge in [0.2, 0.25) is 0 Å². The first-order valence-corrected chi connectivity index (χ1v) is 5.35. The quantitative estimate of drug-likeness (QED) is 0.484. The number of hydrogen-bond donors (Lipinski definition) is 2. The number of nitrogens with two attached hydrogens (primary N) is 1. The molecule has 5 nitrogen and oxygen atoms in total. The molecule has 2 aromatic rings. The summed E-state index contributed by atoms with van der Waals surface area (Å²) >= 11 is 0. The van der Waals surface area contributed by atoms with Gasteiger partial charge in [-0.2, -0.15) is 5.10 Å². The molecule has 1 heterocycles. The van der Waals surface area contributed by atoms with Crippen molar-refractivity contribution in [1.29, 1.82) is 0 Å². The standard InChI is InChI=1S/C13H12N4O/c14-12-5-1-4-11(7-12)13(18)17-16-9-10-3-2-6-15-8-10/h1-9H,14H2,(H,17,18)/b16-9-. The number of hydrazone groups is 1. The molecule has 1 amide bonds. The van der Waals surface area contributed by atoms with Gasteiger partial charge in [0.1, 0.15) is 0 Å². The van der Waals surface area contributed by atoms with Crippen molar-refractivity contribution in [2.75, 3.05) is 5.73 Å². The second kappa shape index (κ2) is 5.58. The van der Waals surface area contributed by atoms with Crippen LogP contribution < -0.4 is 11.2 Å². The molecule has 1 aromatic heterocycles. The van der Waals surface area contributed by atoms with Gasteiger partial charge in [-0.05, 0) is 24.3 Å². The fourth-order valence-electron chi connectivity index (χ4n) is 1.36. The minimum absolute atomic E-state index is 0.303. The van der Waals surface area contributed by atoms with Crippen LogP contribution in [0, 0.1) is 0 Å². The first kappa shape index (κ1) is 11.8. The molecule has 0 atom stereocenters. The number of nitrogen functional groups attached to an aromatic ring is 1. The molecule has 0 aliphatic rings. The molecular formula is C13H12N4O. The van der Waals surface area contributed by atoms with Crippen molar-refractivity contribution in [3.8, 4) is 0 Å². The predicted octanol–water partition coefficient (Wildman–Crippen LogP) is 1.43. The van der Waals surface area contributed by atoms with Crippen LogP contribution in [0.4, 0.5) is 5.69 Å². The minimum Gasteiger partial charge on any atom is -0.399 e. The van der Waals surface area contributed by atoms with E-state index in [1.165, 1.54) is 6.21 Å². The van der Waals surface area contributed by atoms with Gasteiger partial charge in [0.05, 0.1) is 6.21 Å². The number of nitrogens with one attached hydrogen (secondary N) is 1. The summed E-state index contributed by atoms with van der Waals surface area (Å²) in [5.41, 5.74) is 9.83. The van der Waals surface area contributed by atoms with Crippen molar-refractivity contribution >= 4 is 17.8 Å². The van der Waals surface area contributed by atoms with Gasteiger partial charge in [-0.1, -0.05) is 12.1 Å². The molecule has 90 valence electrons. The Bertz CT molecular complexity index is 566. The van der Waals surface area contributed by atoms with Crippen molar-refractivity contribution < 1.29 is 4.79 Å². The smallest absolute Gasteiger partial charge is 0.271 e. The third kappa shape index (κ3) is 3.15. The van der Waals surface area contributed by atoms with E-state index in [0.29, 0.717) is 11.3 Å². The Morgan fingerprint density at radius 3 is 2.94 bits per heavy atom. The summed E-state index contributed by atoms with van der Waals surface area (Å²) < 4.78 is 0. The molecule has 1 aromatic carbocycles. The van der Waals surface area contributed by atoms with Crippen LogP contribution in [0.3, 0.4) is 0 Å². The zero-order chi connectivity index (χ0) is 12.8. The van der Waals surface area contributed by atoms with Crippen LogP contribution in [-0.4, -0.2) is 17.1 Å². The van der Waals surface area contributed by atoms with E-state index in [9.17, 15) is 4.79 Å². The lowest BCUT2D eigenvalue weighted by atomic mass is 10.2. The fourth-order valence-corrected chi connectivity index (χ4v) is 1.36. The lowest BCUT2D eigenvalue weighted by Gasteiger charge is -2.00. The number of hydrogen-bond acceptors (Lipinski definition) is 4. The van der Waals surface area contributed by atoms with Gasteiger partial charge in [-0.25, -0.2) is 5.43 Å². The number of amides is 1. The van der Waals surface area contributed by atoms with E-state index in [4.69, 9.17) is 5.73 Å². The van der Waals surface area contributed by atoms with Gasteiger partial charge < -0.3 is 5.73 Å². The summed E-state index contributed by atoms with van der Waals surface area (Å²) in [7, 11) is 0. The summed E-state index contributed by atoms with van der Waals surface area (Å²) in [4.78, 5) is 15.6. The predicted molar refractivity (Wildman–Crippen MR) is 70.2 cm³/mol. The maximum Gasteiger partial charge on any atom is 0.271 e. The van der Waals surface area contributed by atoms with Gasteiger partial charge in [0.25, 0.3) is 5.91 Å². The number of rotatable bonds is 3. The zero-order valence-corrected chi connectivity index (χ0v) is 9.58. The van der Waals surface area contributed by atoms with E-state index in [1.54, 1.807) is 42.7 Å². The average Bonchev–Trinajstić information content (AvgIpc) is 2.40. The minimum atomic E-state index is -0.303. The molecule has 0 saturated heterocycles. The highest BCUT2D eigenvalue weighted by molar-refractivity contribution is 5.95. The summed E-state index contributed by atoms with van der Waals surface area (Å²) in [5.74, 6) is -0.303. The average molecular weight is 240 g/mol. The van der Waals surface area contributed by atoms with Crippen molar-refractivity contribution in [3.63, 3.8) is 0 Å². The van der Waals surface area contributed by atoms with Gasteiger partial charge in [0.15, 0.2) is 0 Å². The Hall–Kier alpha value is -2.69.